The second-order valence-corrected chi connectivity index (χ2v) is 8.79. The van der Waals surface area contributed by atoms with Gasteiger partial charge < -0.3 is 0 Å². The largest absolute Gasteiger partial charge is 0.298 e. The summed E-state index contributed by atoms with van der Waals surface area (Å²) in [5, 5.41) is 3.28. The van der Waals surface area contributed by atoms with E-state index in [1.165, 1.54) is 39.9 Å². The zero-order valence-electron chi connectivity index (χ0n) is 14.8. The molecule has 0 bridgehead atoms. The van der Waals surface area contributed by atoms with Gasteiger partial charge in [0.25, 0.3) is 5.91 Å². The number of benzene rings is 1. The Morgan fingerprint density at radius 2 is 1.80 bits per heavy atom. The van der Waals surface area contributed by atoms with Crippen molar-refractivity contribution < 1.29 is 13.2 Å². The number of rotatable bonds is 7. The van der Waals surface area contributed by atoms with Gasteiger partial charge in [0.15, 0.2) is 5.13 Å². The minimum absolute atomic E-state index is 0.184. The van der Waals surface area contributed by atoms with Crippen LogP contribution in [-0.2, 0) is 10.0 Å². The van der Waals surface area contributed by atoms with Gasteiger partial charge in [-0.05, 0) is 30.2 Å². The van der Waals surface area contributed by atoms with Crippen LogP contribution in [0.1, 0.15) is 48.8 Å². The smallest absolute Gasteiger partial charge is 0.257 e. The number of anilines is 1. The Kier molecular flexibility index (Phi) is 6.31. The monoisotopic (exact) mass is 381 g/mol. The van der Waals surface area contributed by atoms with Crippen molar-refractivity contribution in [3.8, 4) is 0 Å². The molecule has 2 rings (SSSR count). The molecule has 136 valence electrons. The maximum absolute atomic E-state index is 12.5. The highest BCUT2D eigenvalue weighted by Crippen LogP contribution is 2.25. The van der Waals surface area contributed by atoms with Crippen molar-refractivity contribution >= 4 is 32.4 Å². The lowest BCUT2D eigenvalue weighted by molar-refractivity contribution is 0.102. The summed E-state index contributed by atoms with van der Waals surface area (Å²) in [4.78, 5) is 17.8. The van der Waals surface area contributed by atoms with E-state index >= 15 is 0 Å². The van der Waals surface area contributed by atoms with Crippen LogP contribution in [0.4, 0.5) is 5.13 Å². The molecule has 0 aliphatic carbocycles. The number of thiazole rings is 1. The van der Waals surface area contributed by atoms with Crippen molar-refractivity contribution in [3.63, 3.8) is 0 Å². The Morgan fingerprint density at radius 1 is 1.20 bits per heavy atom. The molecule has 0 atom stereocenters. The van der Waals surface area contributed by atoms with Gasteiger partial charge in [-0.25, -0.2) is 13.4 Å². The topological polar surface area (TPSA) is 79.4 Å². The zero-order valence-corrected chi connectivity index (χ0v) is 16.4. The maximum Gasteiger partial charge on any atom is 0.257 e. The number of nitrogens with zero attached hydrogens (tertiary/aromatic N) is 2. The van der Waals surface area contributed by atoms with Crippen molar-refractivity contribution in [2.24, 2.45) is 0 Å². The van der Waals surface area contributed by atoms with Crippen LogP contribution in [0.2, 0.25) is 0 Å². The van der Waals surface area contributed by atoms with E-state index in [2.05, 4.69) is 24.1 Å². The van der Waals surface area contributed by atoms with Crippen LogP contribution in [0, 0.1) is 0 Å². The molecule has 0 radical (unpaired) electrons. The van der Waals surface area contributed by atoms with Gasteiger partial charge >= 0.3 is 0 Å². The van der Waals surface area contributed by atoms with Crippen LogP contribution in [0.3, 0.4) is 0 Å². The Labute approximate surface area is 153 Å². The fourth-order valence-electron chi connectivity index (χ4n) is 2.27. The Hall–Kier alpha value is -1.77. The van der Waals surface area contributed by atoms with Crippen LogP contribution >= 0.6 is 11.3 Å². The van der Waals surface area contributed by atoms with Crippen molar-refractivity contribution in [1.82, 2.24) is 9.29 Å². The van der Waals surface area contributed by atoms with E-state index in [9.17, 15) is 13.2 Å². The van der Waals surface area contributed by atoms with Gasteiger partial charge in [-0.3, -0.25) is 10.1 Å². The minimum atomic E-state index is -3.52. The average Bonchev–Trinajstić information content (AvgIpc) is 3.04. The van der Waals surface area contributed by atoms with Gasteiger partial charge in [-0.2, -0.15) is 4.31 Å². The predicted molar refractivity (Wildman–Crippen MR) is 101 cm³/mol. The molecular weight excluding hydrogens is 358 g/mol. The lowest BCUT2D eigenvalue weighted by atomic mass is 10.2. The summed E-state index contributed by atoms with van der Waals surface area (Å²) in [7, 11) is -3.52. The lowest BCUT2D eigenvalue weighted by Gasteiger charge is -2.18. The fourth-order valence-corrected chi connectivity index (χ4v) is 4.54. The van der Waals surface area contributed by atoms with Crippen molar-refractivity contribution in [2.75, 3.05) is 18.4 Å². The molecule has 2 aromatic rings. The van der Waals surface area contributed by atoms with Gasteiger partial charge in [0, 0.05) is 29.7 Å². The summed E-state index contributed by atoms with van der Waals surface area (Å²) >= 11 is 1.44. The summed E-state index contributed by atoms with van der Waals surface area (Å²) in [6.07, 6.45) is 1.75. The lowest BCUT2D eigenvalue weighted by Crippen LogP contribution is -2.30. The molecule has 8 heteroatoms. The first kappa shape index (κ1) is 19.6. The van der Waals surface area contributed by atoms with Crippen LogP contribution in [0.15, 0.2) is 35.4 Å². The Bertz CT molecular complexity index is 823. The summed E-state index contributed by atoms with van der Waals surface area (Å²) in [5.74, 6) is 0.0455. The van der Waals surface area contributed by atoms with Gasteiger partial charge in [0.05, 0.1) is 4.90 Å². The third kappa shape index (κ3) is 4.45. The number of sulfonamides is 1. The van der Waals surface area contributed by atoms with E-state index in [0.29, 0.717) is 29.7 Å². The molecule has 6 nitrogen and oxygen atoms in total. The predicted octanol–water partition coefficient (Wildman–Crippen LogP) is 3.55. The number of hydrogen-bond acceptors (Lipinski definition) is 5. The quantitative estimate of drug-likeness (QED) is 0.795. The zero-order chi connectivity index (χ0) is 18.6. The number of carbonyl (C=O) groups is 1. The van der Waals surface area contributed by atoms with Crippen LogP contribution in [0.5, 0.6) is 0 Å². The molecule has 0 saturated heterocycles. The molecule has 1 aromatic carbocycles. The normalized spacial score (nSPS) is 11.9. The molecule has 25 heavy (non-hydrogen) atoms. The molecule has 1 aromatic heterocycles. The number of aromatic nitrogens is 1. The molecule has 1 heterocycles. The summed E-state index contributed by atoms with van der Waals surface area (Å²) in [6, 6.07) is 5.96. The van der Waals surface area contributed by atoms with Crippen LogP contribution in [0.25, 0.3) is 0 Å². The SMILES string of the molecule is CCN(CC)S(=O)(=O)c1ccc(C(=O)Nc2ncc(C(C)C)s2)cc1. The first-order chi connectivity index (χ1) is 11.8. The number of hydrogen-bond donors (Lipinski definition) is 1. The molecule has 0 unspecified atom stereocenters. The summed E-state index contributed by atoms with van der Waals surface area (Å²) < 4.78 is 26.3. The second-order valence-electron chi connectivity index (χ2n) is 5.79. The molecule has 0 spiro atoms. The number of carbonyl (C=O) groups excluding carboxylic acids is 1. The van der Waals surface area contributed by atoms with Crippen molar-refractivity contribution in [1.29, 1.82) is 0 Å². The highest BCUT2D eigenvalue weighted by molar-refractivity contribution is 7.89. The highest BCUT2D eigenvalue weighted by Gasteiger charge is 2.21. The van der Waals surface area contributed by atoms with E-state index in [1.54, 1.807) is 20.0 Å². The maximum atomic E-state index is 12.5. The van der Waals surface area contributed by atoms with E-state index in [4.69, 9.17) is 0 Å². The third-order valence-corrected chi connectivity index (χ3v) is 7.05. The minimum Gasteiger partial charge on any atom is -0.298 e. The van der Waals surface area contributed by atoms with Crippen LogP contribution in [-0.4, -0.2) is 36.7 Å². The Morgan fingerprint density at radius 3 is 2.28 bits per heavy atom. The summed E-state index contributed by atoms with van der Waals surface area (Å²) in [6.45, 7) is 8.53. The fraction of sp³-hybridized carbons (Fsp3) is 0.412. The van der Waals surface area contributed by atoms with Gasteiger partial charge in [-0.1, -0.05) is 27.7 Å². The molecule has 0 aliphatic heterocycles. The van der Waals surface area contributed by atoms with Crippen LogP contribution < -0.4 is 5.32 Å². The molecule has 0 fully saturated rings. The Balaban J connectivity index is 2.14. The van der Waals surface area contributed by atoms with E-state index in [0.717, 1.165) is 4.88 Å². The van der Waals surface area contributed by atoms with Crippen molar-refractivity contribution in [2.45, 2.75) is 38.5 Å². The molecule has 0 saturated carbocycles. The van der Waals surface area contributed by atoms with Gasteiger partial charge in [0.1, 0.15) is 0 Å². The first-order valence-corrected chi connectivity index (χ1v) is 10.4. The van der Waals surface area contributed by atoms with Gasteiger partial charge in [0.2, 0.25) is 10.0 Å². The number of amides is 1. The van der Waals surface area contributed by atoms with E-state index < -0.39 is 10.0 Å². The van der Waals surface area contributed by atoms with E-state index in [1.807, 2.05) is 0 Å². The molecule has 1 amide bonds. The number of nitrogens with one attached hydrogen (secondary N) is 1. The third-order valence-electron chi connectivity index (χ3n) is 3.77. The standard InChI is InChI=1S/C17H23N3O3S2/c1-5-20(6-2)25(22,23)14-9-7-13(8-10-14)16(21)19-17-18-11-15(24-17)12(3)4/h7-12H,5-6H2,1-4H3,(H,18,19,21). The van der Waals surface area contributed by atoms with E-state index in [-0.39, 0.29) is 10.8 Å². The first-order valence-electron chi connectivity index (χ1n) is 8.16. The average molecular weight is 382 g/mol. The van der Waals surface area contributed by atoms with Crippen molar-refractivity contribution in [3.05, 3.63) is 40.9 Å². The summed E-state index contributed by atoms with van der Waals surface area (Å²) in [5.41, 5.74) is 0.389. The molecule has 1 N–H and O–H groups in total. The highest BCUT2D eigenvalue weighted by atomic mass is 32.2. The molecule has 0 aliphatic rings. The molecular formula is C17H23N3O3S2. The second kappa shape index (κ2) is 8.07. The van der Waals surface area contributed by atoms with Gasteiger partial charge in [-0.15, -0.1) is 11.3 Å².